The van der Waals surface area contributed by atoms with Gasteiger partial charge in [0, 0.05) is 47.7 Å². The van der Waals surface area contributed by atoms with Gasteiger partial charge in [0.05, 0.1) is 17.8 Å². The molecule has 0 atom stereocenters. The van der Waals surface area contributed by atoms with Crippen LogP contribution in [0.1, 0.15) is 24.4 Å². The van der Waals surface area contributed by atoms with Gasteiger partial charge in [-0.2, -0.15) is 5.10 Å². The van der Waals surface area contributed by atoms with E-state index in [0.29, 0.717) is 19.1 Å². The van der Waals surface area contributed by atoms with Crippen LogP contribution in [0.4, 0.5) is 10.5 Å². The number of urea groups is 1. The maximum atomic E-state index is 12.6. The van der Waals surface area contributed by atoms with Crippen molar-refractivity contribution < 1.29 is 4.79 Å². The zero-order valence-electron chi connectivity index (χ0n) is 17.5. The predicted octanol–water partition coefficient (Wildman–Crippen LogP) is 5.28. The van der Waals surface area contributed by atoms with Crippen molar-refractivity contribution in [3.05, 3.63) is 78.8 Å². The average Bonchev–Trinajstić information content (AvgIpc) is 3.29. The van der Waals surface area contributed by atoms with Crippen LogP contribution in [0.25, 0.3) is 22.0 Å². The van der Waals surface area contributed by atoms with Gasteiger partial charge < -0.3 is 10.2 Å². The molecule has 6 heteroatoms. The summed E-state index contributed by atoms with van der Waals surface area (Å²) in [5.41, 5.74) is 5.13. The number of aryl methyl sites for hydroxylation is 1. The Morgan fingerprint density at radius 1 is 1.06 bits per heavy atom. The van der Waals surface area contributed by atoms with Crippen molar-refractivity contribution in [2.24, 2.45) is 0 Å². The fourth-order valence-corrected chi connectivity index (χ4v) is 4.27. The second kappa shape index (κ2) is 8.22. The SMILES string of the molecule is Cc1cccc(NC(=O)N2CCC(n3cc(-c4cccc5cccnc45)cn3)CC2)c1. The van der Waals surface area contributed by atoms with Crippen molar-refractivity contribution in [3.8, 4) is 11.1 Å². The first-order chi connectivity index (χ1) is 15.2. The Hall–Kier alpha value is -3.67. The maximum Gasteiger partial charge on any atom is 0.321 e. The number of carbonyl (C=O) groups excluding carboxylic acids is 1. The summed E-state index contributed by atoms with van der Waals surface area (Å²) < 4.78 is 2.05. The molecule has 2 aromatic carbocycles. The van der Waals surface area contributed by atoms with Crippen molar-refractivity contribution >= 4 is 22.6 Å². The summed E-state index contributed by atoms with van der Waals surface area (Å²) in [6.45, 7) is 3.45. The quantitative estimate of drug-likeness (QED) is 0.499. The molecule has 0 saturated carbocycles. The number of benzene rings is 2. The van der Waals surface area contributed by atoms with Crippen molar-refractivity contribution in [2.75, 3.05) is 18.4 Å². The molecule has 4 aromatic rings. The number of piperidine rings is 1. The molecule has 31 heavy (non-hydrogen) atoms. The van der Waals surface area contributed by atoms with E-state index in [1.54, 1.807) is 0 Å². The van der Waals surface area contributed by atoms with E-state index in [0.717, 1.165) is 46.1 Å². The Bertz CT molecular complexity index is 1220. The first kappa shape index (κ1) is 19.3. The first-order valence-electron chi connectivity index (χ1n) is 10.7. The zero-order chi connectivity index (χ0) is 21.2. The van der Waals surface area contributed by atoms with Crippen LogP contribution >= 0.6 is 0 Å². The summed E-state index contributed by atoms with van der Waals surface area (Å²) in [4.78, 5) is 19.1. The Balaban J connectivity index is 1.25. The van der Waals surface area contributed by atoms with Crippen LogP contribution in [-0.4, -0.2) is 38.8 Å². The normalized spacial score (nSPS) is 14.7. The number of pyridine rings is 1. The van der Waals surface area contributed by atoms with Gasteiger partial charge in [-0.05, 0) is 43.5 Å². The molecule has 156 valence electrons. The molecule has 1 saturated heterocycles. The van der Waals surface area contributed by atoms with Crippen molar-refractivity contribution in [1.29, 1.82) is 0 Å². The summed E-state index contributed by atoms with van der Waals surface area (Å²) in [6.07, 6.45) is 7.62. The van der Waals surface area contributed by atoms with Crippen LogP contribution in [0.3, 0.4) is 0 Å². The highest BCUT2D eigenvalue weighted by Gasteiger charge is 2.24. The van der Waals surface area contributed by atoms with E-state index in [-0.39, 0.29) is 6.03 Å². The highest BCUT2D eigenvalue weighted by Crippen LogP contribution is 2.29. The molecule has 0 aliphatic carbocycles. The van der Waals surface area contributed by atoms with Gasteiger partial charge in [-0.15, -0.1) is 0 Å². The third kappa shape index (κ3) is 4.01. The topological polar surface area (TPSA) is 63.1 Å². The molecule has 1 aliphatic heterocycles. The molecule has 1 N–H and O–H groups in total. The lowest BCUT2D eigenvalue weighted by Crippen LogP contribution is -2.41. The van der Waals surface area contributed by atoms with E-state index in [2.05, 4.69) is 45.9 Å². The Morgan fingerprint density at radius 3 is 2.71 bits per heavy atom. The Kier molecular flexibility index (Phi) is 5.12. The largest absolute Gasteiger partial charge is 0.324 e. The lowest BCUT2D eigenvalue weighted by atomic mass is 10.0. The molecule has 0 bridgehead atoms. The van der Waals surface area contributed by atoms with Crippen LogP contribution in [0.5, 0.6) is 0 Å². The van der Waals surface area contributed by atoms with Gasteiger partial charge >= 0.3 is 6.03 Å². The Morgan fingerprint density at radius 2 is 1.87 bits per heavy atom. The zero-order valence-corrected chi connectivity index (χ0v) is 17.5. The molecule has 3 heterocycles. The monoisotopic (exact) mass is 411 g/mol. The highest BCUT2D eigenvalue weighted by atomic mass is 16.2. The number of nitrogens with zero attached hydrogens (tertiary/aromatic N) is 4. The van der Waals surface area contributed by atoms with Crippen LogP contribution in [0.15, 0.2) is 73.2 Å². The molecule has 2 amide bonds. The number of carbonyl (C=O) groups is 1. The maximum absolute atomic E-state index is 12.6. The molecule has 6 nitrogen and oxygen atoms in total. The van der Waals surface area contributed by atoms with Crippen molar-refractivity contribution in [3.63, 3.8) is 0 Å². The van der Waals surface area contributed by atoms with Crippen molar-refractivity contribution in [2.45, 2.75) is 25.8 Å². The minimum absolute atomic E-state index is 0.0352. The fraction of sp³-hybridized carbons (Fsp3) is 0.240. The number of para-hydroxylation sites is 1. The molecule has 5 rings (SSSR count). The van der Waals surface area contributed by atoms with E-state index in [1.165, 1.54) is 0 Å². The lowest BCUT2D eigenvalue weighted by molar-refractivity contribution is 0.180. The number of hydrogen-bond donors (Lipinski definition) is 1. The highest BCUT2D eigenvalue weighted by molar-refractivity contribution is 5.93. The standard InChI is InChI=1S/C25H25N5O/c1-18-5-2-8-21(15-18)28-25(31)29-13-10-22(11-14-29)30-17-20(16-27-30)23-9-3-6-19-7-4-12-26-24(19)23/h2-9,12,15-17,22H,10-11,13-14H2,1H3,(H,28,31). The summed E-state index contributed by atoms with van der Waals surface area (Å²) in [5.74, 6) is 0. The fourth-order valence-electron chi connectivity index (χ4n) is 4.27. The molecular weight excluding hydrogens is 386 g/mol. The molecule has 2 aromatic heterocycles. The molecule has 0 spiro atoms. The number of likely N-dealkylation sites (tertiary alicyclic amines) is 1. The van der Waals surface area contributed by atoms with E-state index in [9.17, 15) is 4.79 Å². The Labute approximate surface area is 181 Å². The average molecular weight is 412 g/mol. The number of anilines is 1. The summed E-state index contributed by atoms with van der Waals surface area (Å²) in [5, 5.41) is 8.77. The summed E-state index contributed by atoms with van der Waals surface area (Å²) in [7, 11) is 0. The molecule has 0 unspecified atom stereocenters. The lowest BCUT2D eigenvalue weighted by Gasteiger charge is -2.32. The third-order valence-electron chi connectivity index (χ3n) is 5.94. The minimum atomic E-state index is -0.0352. The molecular formula is C25H25N5O. The van der Waals surface area contributed by atoms with E-state index < -0.39 is 0 Å². The van der Waals surface area contributed by atoms with Gasteiger partial charge in [0.1, 0.15) is 0 Å². The first-order valence-corrected chi connectivity index (χ1v) is 10.7. The second-order valence-corrected chi connectivity index (χ2v) is 8.11. The smallest absolute Gasteiger partial charge is 0.321 e. The molecule has 1 fully saturated rings. The van der Waals surface area contributed by atoms with E-state index in [1.807, 2.05) is 59.2 Å². The predicted molar refractivity (Wildman–Crippen MR) is 123 cm³/mol. The summed E-state index contributed by atoms with van der Waals surface area (Å²) in [6, 6.07) is 18.4. The van der Waals surface area contributed by atoms with Crippen LogP contribution in [0, 0.1) is 6.92 Å². The van der Waals surface area contributed by atoms with Gasteiger partial charge in [-0.25, -0.2) is 4.79 Å². The summed E-state index contributed by atoms with van der Waals surface area (Å²) >= 11 is 0. The van der Waals surface area contributed by atoms with E-state index >= 15 is 0 Å². The number of nitrogens with one attached hydrogen (secondary N) is 1. The van der Waals surface area contributed by atoms with Crippen LogP contribution < -0.4 is 5.32 Å². The minimum Gasteiger partial charge on any atom is -0.324 e. The third-order valence-corrected chi connectivity index (χ3v) is 5.94. The molecule has 0 radical (unpaired) electrons. The number of amides is 2. The number of hydrogen-bond acceptors (Lipinski definition) is 3. The van der Waals surface area contributed by atoms with E-state index in [4.69, 9.17) is 0 Å². The van der Waals surface area contributed by atoms with Gasteiger partial charge in [0.2, 0.25) is 0 Å². The number of rotatable bonds is 3. The second-order valence-electron chi connectivity index (χ2n) is 8.11. The van der Waals surface area contributed by atoms with Gasteiger partial charge in [0.25, 0.3) is 0 Å². The van der Waals surface area contributed by atoms with Crippen molar-refractivity contribution in [1.82, 2.24) is 19.7 Å². The van der Waals surface area contributed by atoms with Gasteiger partial charge in [0.15, 0.2) is 0 Å². The number of fused-ring (bicyclic) bond motifs is 1. The van der Waals surface area contributed by atoms with Gasteiger partial charge in [-0.3, -0.25) is 9.67 Å². The van der Waals surface area contributed by atoms with Crippen LogP contribution in [-0.2, 0) is 0 Å². The van der Waals surface area contributed by atoms with Gasteiger partial charge in [-0.1, -0.05) is 36.4 Å². The molecule has 1 aliphatic rings. The van der Waals surface area contributed by atoms with Crippen LogP contribution in [0.2, 0.25) is 0 Å². The number of aromatic nitrogens is 3.